The Morgan fingerprint density at radius 1 is 1.05 bits per heavy atom. The van der Waals surface area contributed by atoms with E-state index in [1.807, 2.05) is 6.07 Å². The first kappa shape index (κ1) is 29.4. The van der Waals surface area contributed by atoms with Crippen LogP contribution in [0.4, 0.5) is 5.69 Å². The Hall–Kier alpha value is -2.54. The molecule has 0 amide bonds. The second kappa shape index (κ2) is 12.3. The predicted molar refractivity (Wildman–Crippen MR) is 152 cm³/mol. The second-order valence-electron chi connectivity index (χ2n) is 8.82. The quantitative estimate of drug-likeness (QED) is 0.250. The molecule has 1 fully saturated rings. The molecule has 1 aromatic heterocycles. The van der Waals surface area contributed by atoms with Crippen molar-refractivity contribution in [3.8, 4) is 16.2 Å². The average Bonchev–Trinajstić information content (AvgIpc) is 3.18. The van der Waals surface area contributed by atoms with E-state index in [1.165, 1.54) is 4.31 Å². The number of sulfonamides is 1. The van der Waals surface area contributed by atoms with Crippen molar-refractivity contribution < 1.29 is 33.0 Å². The Bertz CT molecular complexity index is 1480. The average molecular weight is 634 g/mol. The normalized spacial score (nSPS) is 14.7. The smallest absolute Gasteiger partial charge is 0.349 e. The number of hydrogen-bond donors (Lipinski definition) is 3. The van der Waals surface area contributed by atoms with Crippen molar-refractivity contribution in [3.63, 3.8) is 0 Å². The summed E-state index contributed by atoms with van der Waals surface area (Å²) in [6.45, 7) is -0.0347. The molecule has 0 atom stereocenters. The number of rotatable bonds is 10. The first-order valence-electron chi connectivity index (χ1n) is 11.6. The number of nitrogens with zero attached hydrogens (tertiary/aromatic N) is 1. The fourth-order valence-corrected chi connectivity index (χ4v) is 7.76. The second-order valence-corrected chi connectivity index (χ2v) is 13.1. The fourth-order valence-electron chi connectivity index (χ4n) is 4.25. The predicted octanol–water partition coefficient (Wildman–Crippen LogP) is 5.94. The third kappa shape index (κ3) is 7.36. The standard InChI is InChI=1S/C25H23Cl3N2O7S2/c26-16-8-14(9-17(27)11-16)13-39(35,36)30-6-4-18(5-7-30)29-19-3-1-2-15(10-19)23-21(28)22(37-12-20(31)32)24(38-23)25(33)34/h1-3,8-11,18,29H,4-7,12-13H2,(H,31,32)(H,33,34). The molecular formula is C25H23Cl3N2O7S2. The minimum absolute atomic E-state index is 0.00941. The Morgan fingerprint density at radius 3 is 2.33 bits per heavy atom. The largest absolute Gasteiger partial charge is 0.479 e. The fraction of sp³-hybridized carbons (Fsp3) is 0.280. The monoisotopic (exact) mass is 632 g/mol. The van der Waals surface area contributed by atoms with E-state index in [0.29, 0.717) is 52.0 Å². The highest BCUT2D eigenvalue weighted by atomic mass is 35.5. The topological polar surface area (TPSA) is 133 Å². The van der Waals surface area contributed by atoms with E-state index >= 15 is 0 Å². The molecule has 0 bridgehead atoms. The van der Waals surface area contributed by atoms with Gasteiger partial charge in [0.15, 0.2) is 17.2 Å². The van der Waals surface area contributed by atoms with Crippen molar-refractivity contribution in [1.29, 1.82) is 0 Å². The Labute approximate surface area is 243 Å². The molecule has 39 heavy (non-hydrogen) atoms. The van der Waals surface area contributed by atoms with E-state index in [0.717, 1.165) is 17.0 Å². The number of halogens is 3. The molecule has 208 valence electrons. The van der Waals surface area contributed by atoms with Crippen LogP contribution < -0.4 is 10.1 Å². The summed E-state index contributed by atoms with van der Waals surface area (Å²) in [6.07, 6.45) is 1.16. The maximum atomic E-state index is 13.0. The molecule has 0 unspecified atom stereocenters. The molecular weight excluding hydrogens is 611 g/mol. The van der Waals surface area contributed by atoms with Gasteiger partial charge in [-0.2, -0.15) is 0 Å². The van der Waals surface area contributed by atoms with Gasteiger partial charge in [-0.05, 0) is 54.3 Å². The van der Waals surface area contributed by atoms with Gasteiger partial charge in [0.25, 0.3) is 0 Å². The van der Waals surface area contributed by atoms with Crippen molar-refractivity contribution in [3.05, 3.63) is 68.0 Å². The number of piperidine rings is 1. The van der Waals surface area contributed by atoms with Gasteiger partial charge in [-0.1, -0.05) is 46.9 Å². The molecule has 9 nitrogen and oxygen atoms in total. The summed E-state index contributed by atoms with van der Waals surface area (Å²) in [4.78, 5) is 22.8. The molecule has 0 spiro atoms. The number of carboxylic acids is 2. The lowest BCUT2D eigenvalue weighted by Crippen LogP contribution is -2.42. The summed E-state index contributed by atoms with van der Waals surface area (Å²) in [5.74, 6) is -2.90. The number of aromatic carboxylic acids is 1. The van der Waals surface area contributed by atoms with Crippen LogP contribution in [0.2, 0.25) is 15.1 Å². The van der Waals surface area contributed by atoms with Gasteiger partial charge in [-0.25, -0.2) is 22.3 Å². The number of benzene rings is 2. The van der Waals surface area contributed by atoms with Gasteiger partial charge >= 0.3 is 11.9 Å². The Morgan fingerprint density at radius 2 is 1.72 bits per heavy atom. The van der Waals surface area contributed by atoms with Crippen LogP contribution in [-0.2, 0) is 20.6 Å². The molecule has 2 aromatic carbocycles. The molecule has 2 heterocycles. The van der Waals surface area contributed by atoms with Crippen molar-refractivity contribution in [2.75, 3.05) is 25.0 Å². The molecule has 1 aliphatic rings. The number of carboxylic acid groups (broad SMARTS) is 2. The van der Waals surface area contributed by atoms with Gasteiger partial charge in [0.05, 0.1) is 10.6 Å². The summed E-state index contributed by atoms with van der Waals surface area (Å²) in [5.41, 5.74) is 1.90. The highest BCUT2D eigenvalue weighted by Gasteiger charge is 2.29. The van der Waals surface area contributed by atoms with Gasteiger partial charge in [0.1, 0.15) is 5.02 Å². The Kier molecular flexibility index (Phi) is 9.30. The lowest BCUT2D eigenvalue weighted by molar-refractivity contribution is -0.139. The maximum Gasteiger partial charge on any atom is 0.349 e. The zero-order chi connectivity index (χ0) is 28.3. The minimum atomic E-state index is -3.55. The molecule has 0 radical (unpaired) electrons. The van der Waals surface area contributed by atoms with Crippen LogP contribution in [0.15, 0.2) is 42.5 Å². The first-order valence-corrected chi connectivity index (χ1v) is 15.2. The van der Waals surface area contributed by atoms with Gasteiger partial charge in [-0.15, -0.1) is 11.3 Å². The van der Waals surface area contributed by atoms with Crippen LogP contribution >= 0.6 is 46.1 Å². The molecule has 0 aliphatic carbocycles. The molecule has 0 saturated carbocycles. The summed E-state index contributed by atoms with van der Waals surface area (Å²) >= 11 is 19.3. The summed E-state index contributed by atoms with van der Waals surface area (Å²) in [6, 6.07) is 11.9. The van der Waals surface area contributed by atoms with E-state index < -0.39 is 28.6 Å². The van der Waals surface area contributed by atoms with Crippen LogP contribution in [-0.4, -0.2) is 60.6 Å². The van der Waals surface area contributed by atoms with Crippen LogP contribution in [0.25, 0.3) is 10.4 Å². The van der Waals surface area contributed by atoms with E-state index in [1.54, 1.807) is 36.4 Å². The van der Waals surface area contributed by atoms with Gasteiger partial charge in [0, 0.05) is 34.9 Å². The van der Waals surface area contributed by atoms with E-state index in [2.05, 4.69) is 5.32 Å². The number of hydrogen-bond acceptors (Lipinski definition) is 7. The molecule has 14 heteroatoms. The number of thiophene rings is 1. The number of aliphatic carboxylic acids is 1. The van der Waals surface area contributed by atoms with Gasteiger partial charge < -0.3 is 20.3 Å². The zero-order valence-electron chi connectivity index (χ0n) is 20.2. The lowest BCUT2D eigenvalue weighted by Gasteiger charge is -2.32. The third-order valence-electron chi connectivity index (χ3n) is 5.96. The van der Waals surface area contributed by atoms with E-state index in [-0.39, 0.29) is 27.4 Å². The molecule has 3 N–H and O–H groups in total. The van der Waals surface area contributed by atoms with Crippen molar-refractivity contribution in [2.45, 2.75) is 24.6 Å². The number of nitrogens with one attached hydrogen (secondary N) is 1. The summed E-state index contributed by atoms with van der Waals surface area (Å²) < 4.78 is 32.5. The van der Waals surface area contributed by atoms with Crippen LogP contribution in [0.5, 0.6) is 5.75 Å². The molecule has 4 rings (SSSR count). The first-order chi connectivity index (χ1) is 18.4. The molecule has 1 saturated heterocycles. The number of ether oxygens (including phenoxy) is 1. The Balaban J connectivity index is 1.43. The zero-order valence-corrected chi connectivity index (χ0v) is 24.1. The minimum Gasteiger partial charge on any atom is -0.479 e. The SMILES string of the molecule is O=C(O)COc1c(C(=O)O)sc(-c2cccc(NC3CCN(S(=O)(=O)Cc4cc(Cl)cc(Cl)c4)CC3)c2)c1Cl. The van der Waals surface area contributed by atoms with Gasteiger partial charge in [0.2, 0.25) is 10.0 Å². The summed E-state index contributed by atoms with van der Waals surface area (Å²) in [7, 11) is -3.55. The van der Waals surface area contributed by atoms with Crippen LogP contribution in [0, 0.1) is 0 Å². The van der Waals surface area contributed by atoms with E-state index in [9.17, 15) is 23.1 Å². The van der Waals surface area contributed by atoms with Crippen LogP contribution in [0.1, 0.15) is 28.1 Å². The lowest BCUT2D eigenvalue weighted by atomic mass is 10.1. The highest BCUT2D eigenvalue weighted by molar-refractivity contribution is 7.88. The summed E-state index contributed by atoms with van der Waals surface area (Å²) in [5, 5.41) is 22.6. The van der Waals surface area contributed by atoms with Crippen LogP contribution in [0.3, 0.4) is 0 Å². The molecule has 1 aliphatic heterocycles. The maximum absolute atomic E-state index is 13.0. The number of anilines is 1. The van der Waals surface area contributed by atoms with Crippen molar-refractivity contribution in [1.82, 2.24) is 4.31 Å². The number of carbonyl (C=O) groups is 2. The van der Waals surface area contributed by atoms with E-state index in [4.69, 9.17) is 44.6 Å². The molecule has 3 aromatic rings. The highest BCUT2D eigenvalue weighted by Crippen LogP contribution is 2.46. The van der Waals surface area contributed by atoms with Crippen molar-refractivity contribution >= 4 is 73.8 Å². The third-order valence-corrected chi connectivity index (χ3v) is 9.92. The van der Waals surface area contributed by atoms with Crippen molar-refractivity contribution in [2.24, 2.45) is 0 Å². The van der Waals surface area contributed by atoms with Gasteiger partial charge in [-0.3, -0.25) is 0 Å².